The fourth-order valence-corrected chi connectivity index (χ4v) is 7.69. The molecule has 0 aliphatic heterocycles. The van der Waals surface area contributed by atoms with Crippen LogP contribution in [0.4, 0.5) is 17.1 Å². The van der Waals surface area contributed by atoms with E-state index in [4.69, 9.17) is 0 Å². The molecule has 0 aromatic heterocycles. The molecule has 216 valence electrons. The molecule has 0 amide bonds. The van der Waals surface area contributed by atoms with Gasteiger partial charge in [-0.3, -0.25) is 0 Å². The van der Waals surface area contributed by atoms with Gasteiger partial charge in [0.05, 0.1) is 0 Å². The molecule has 0 saturated carbocycles. The van der Waals surface area contributed by atoms with E-state index in [1.807, 2.05) is 0 Å². The highest BCUT2D eigenvalue weighted by molar-refractivity contribution is 6.27. The van der Waals surface area contributed by atoms with E-state index in [-0.39, 0.29) is 10.8 Å². The first-order valence-corrected chi connectivity index (χ1v) is 15.9. The smallest absolute Gasteiger partial charge is 0.0490 e. The van der Waals surface area contributed by atoms with E-state index in [1.165, 1.54) is 88.3 Å². The van der Waals surface area contributed by atoms with E-state index in [2.05, 4.69) is 163 Å². The van der Waals surface area contributed by atoms with Gasteiger partial charge in [0.25, 0.3) is 0 Å². The molecule has 0 heterocycles. The van der Waals surface area contributed by atoms with Gasteiger partial charge in [-0.1, -0.05) is 113 Å². The summed E-state index contributed by atoms with van der Waals surface area (Å²) in [7, 11) is 0. The Balaban J connectivity index is 1.43. The molecule has 1 nitrogen and oxygen atoms in total. The molecule has 0 N–H and O–H groups in total. The highest BCUT2D eigenvalue weighted by Crippen LogP contribution is 2.54. The van der Waals surface area contributed by atoms with E-state index < -0.39 is 0 Å². The minimum Gasteiger partial charge on any atom is -0.310 e. The number of aryl methyl sites for hydroxylation is 2. The molecular formula is C43H39N. The van der Waals surface area contributed by atoms with Crippen molar-refractivity contribution >= 4 is 49.4 Å². The van der Waals surface area contributed by atoms with Gasteiger partial charge in [-0.2, -0.15) is 0 Å². The molecule has 0 atom stereocenters. The Kier molecular flexibility index (Phi) is 5.63. The summed E-state index contributed by atoms with van der Waals surface area (Å²) in [5.74, 6) is 0. The molecule has 0 saturated heterocycles. The summed E-state index contributed by atoms with van der Waals surface area (Å²) >= 11 is 0. The Bertz CT molecular complexity index is 2210. The van der Waals surface area contributed by atoms with Crippen molar-refractivity contribution in [3.63, 3.8) is 0 Å². The molecule has 1 heteroatoms. The van der Waals surface area contributed by atoms with Crippen molar-refractivity contribution < 1.29 is 0 Å². The van der Waals surface area contributed by atoms with Gasteiger partial charge in [-0.15, -0.1) is 0 Å². The van der Waals surface area contributed by atoms with Gasteiger partial charge >= 0.3 is 0 Å². The number of para-hydroxylation sites is 2. The van der Waals surface area contributed by atoms with E-state index in [0.717, 1.165) is 0 Å². The normalized spacial score (nSPS) is 14.0. The van der Waals surface area contributed by atoms with Crippen molar-refractivity contribution in [2.24, 2.45) is 0 Å². The zero-order valence-electron chi connectivity index (χ0n) is 26.8. The number of hydrogen-bond acceptors (Lipinski definition) is 1. The van der Waals surface area contributed by atoms with Gasteiger partial charge in [-0.05, 0) is 121 Å². The van der Waals surface area contributed by atoms with E-state index in [1.54, 1.807) is 0 Å². The second kappa shape index (κ2) is 9.19. The van der Waals surface area contributed by atoms with Crippen molar-refractivity contribution in [2.75, 3.05) is 4.90 Å². The van der Waals surface area contributed by atoms with Crippen LogP contribution in [0.3, 0.4) is 0 Å². The van der Waals surface area contributed by atoms with E-state index in [0.29, 0.717) is 0 Å². The maximum Gasteiger partial charge on any atom is 0.0490 e. The maximum atomic E-state index is 2.51. The summed E-state index contributed by atoms with van der Waals surface area (Å²) in [5, 5.41) is 8.26. The lowest BCUT2D eigenvalue weighted by atomic mass is 9.67. The number of hydrogen-bond donors (Lipinski definition) is 0. The van der Waals surface area contributed by atoms with Crippen LogP contribution < -0.4 is 4.90 Å². The van der Waals surface area contributed by atoms with Crippen molar-refractivity contribution in [3.05, 3.63) is 137 Å². The SMILES string of the molecule is Cc1ccccc1N(c1ccc2c(c1)C(C)(C)c1cc3cc(C(C)(C)C)cc4ccc5ccc-2c1c5c43)c1ccccc1C. The second-order valence-corrected chi connectivity index (χ2v) is 14.4. The van der Waals surface area contributed by atoms with Crippen LogP contribution in [0.5, 0.6) is 0 Å². The van der Waals surface area contributed by atoms with Crippen molar-refractivity contribution in [1.29, 1.82) is 0 Å². The number of benzene rings is 7. The number of rotatable bonds is 3. The molecule has 7 aromatic carbocycles. The average molecular weight is 570 g/mol. The van der Waals surface area contributed by atoms with Gasteiger partial charge in [0.15, 0.2) is 0 Å². The summed E-state index contributed by atoms with van der Waals surface area (Å²) in [4.78, 5) is 2.45. The third-order valence-corrected chi connectivity index (χ3v) is 10.2. The lowest BCUT2D eigenvalue weighted by Gasteiger charge is -2.38. The topological polar surface area (TPSA) is 3.24 Å². The first-order valence-electron chi connectivity index (χ1n) is 15.9. The van der Waals surface area contributed by atoms with Crippen LogP contribution >= 0.6 is 0 Å². The summed E-state index contributed by atoms with van der Waals surface area (Å²) in [6.07, 6.45) is 0. The van der Waals surface area contributed by atoms with Gasteiger partial charge in [0.2, 0.25) is 0 Å². The Morgan fingerprint density at radius 2 is 1.11 bits per heavy atom. The van der Waals surface area contributed by atoms with Crippen LogP contribution in [-0.4, -0.2) is 0 Å². The minimum atomic E-state index is -0.187. The van der Waals surface area contributed by atoms with Crippen LogP contribution in [0, 0.1) is 13.8 Å². The molecule has 0 radical (unpaired) electrons. The first-order chi connectivity index (χ1) is 21.0. The predicted octanol–water partition coefficient (Wildman–Crippen LogP) is 12.3. The first kappa shape index (κ1) is 27.0. The molecule has 0 spiro atoms. The standard InChI is InChI=1S/C43H39N/c1-26-12-8-10-14-37(26)44(38-15-11-9-13-27(38)2)32-19-21-33-34-20-18-28-16-17-29-22-31(42(3,4)5)23-30-24-36(41(34)40(28)39(29)30)43(6,7)35(33)25-32/h8-25H,1-7H3. The largest absolute Gasteiger partial charge is 0.310 e. The Morgan fingerprint density at radius 3 is 1.77 bits per heavy atom. The van der Waals surface area contributed by atoms with Gasteiger partial charge in [0.1, 0.15) is 0 Å². The Labute approximate surface area is 261 Å². The predicted molar refractivity (Wildman–Crippen MR) is 191 cm³/mol. The van der Waals surface area contributed by atoms with Gasteiger partial charge in [0, 0.05) is 22.5 Å². The molecule has 8 rings (SSSR count). The minimum absolute atomic E-state index is 0.0818. The quantitative estimate of drug-likeness (QED) is 0.191. The lowest BCUT2D eigenvalue weighted by Crippen LogP contribution is -2.25. The van der Waals surface area contributed by atoms with E-state index >= 15 is 0 Å². The molecule has 7 aromatic rings. The van der Waals surface area contributed by atoms with Crippen molar-refractivity contribution in [3.8, 4) is 11.1 Å². The highest BCUT2D eigenvalue weighted by atomic mass is 15.1. The third kappa shape index (κ3) is 3.78. The van der Waals surface area contributed by atoms with E-state index in [9.17, 15) is 0 Å². The zero-order chi connectivity index (χ0) is 30.5. The molecular weight excluding hydrogens is 530 g/mol. The molecule has 1 aliphatic rings. The summed E-state index contributed by atoms with van der Waals surface area (Å²) < 4.78 is 0. The summed E-state index contributed by atoms with van der Waals surface area (Å²) in [5.41, 5.74) is 12.9. The highest BCUT2D eigenvalue weighted by Gasteiger charge is 2.36. The van der Waals surface area contributed by atoms with Crippen LogP contribution in [0.25, 0.3) is 43.4 Å². The fourth-order valence-electron chi connectivity index (χ4n) is 7.69. The van der Waals surface area contributed by atoms with Crippen LogP contribution in [-0.2, 0) is 10.8 Å². The maximum absolute atomic E-state index is 2.51. The Hall–Kier alpha value is -4.62. The van der Waals surface area contributed by atoms with Gasteiger partial charge < -0.3 is 4.90 Å². The third-order valence-electron chi connectivity index (χ3n) is 10.2. The Morgan fingerprint density at radius 1 is 0.523 bits per heavy atom. The van der Waals surface area contributed by atoms with Crippen molar-refractivity contribution in [2.45, 2.75) is 59.3 Å². The van der Waals surface area contributed by atoms with Crippen LogP contribution in [0.1, 0.15) is 62.4 Å². The number of anilines is 3. The molecule has 0 fully saturated rings. The van der Waals surface area contributed by atoms with Crippen molar-refractivity contribution in [1.82, 2.24) is 0 Å². The molecule has 0 bridgehead atoms. The fraction of sp³-hybridized carbons (Fsp3) is 0.209. The lowest BCUT2D eigenvalue weighted by molar-refractivity contribution is 0.591. The second-order valence-electron chi connectivity index (χ2n) is 14.4. The molecule has 0 unspecified atom stereocenters. The number of nitrogens with zero attached hydrogens (tertiary/aromatic N) is 1. The molecule has 44 heavy (non-hydrogen) atoms. The average Bonchev–Trinajstić information content (AvgIpc) is 3.00. The van der Waals surface area contributed by atoms with Crippen LogP contribution in [0.2, 0.25) is 0 Å². The number of fused-ring (bicyclic) bond motifs is 2. The van der Waals surface area contributed by atoms with Crippen LogP contribution in [0.15, 0.2) is 109 Å². The molecule has 1 aliphatic carbocycles. The summed E-state index contributed by atoms with van der Waals surface area (Å²) in [6.45, 7) is 16.2. The summed E-state index contributed by atoms with van der Waals surface area (Å²) in [6, 6.07) is 41.3. The monoisotopic (exact) mass is 569 g/mol. The zero-order valence-corrected chi connectivity index (χ0v) is 26.8. The van der Waals surface area contributed by atoms with Gasteiger partial charge in [-0.25, -0.2) is 0 Å².